The van der Waals surface area contributed by atoms with Crippen molar-refractivity contribution in [2.45, 2.75) is 49.9 Å². The van der Waals surface area contributed by atoms with Gasteiger partial charge >= 0.3 is 11.9 Å². The van der Waals surface area contributed by atoms with Crippen molar-refractivity contribution in [1.82, 2.24) is 0 Å². The van der Waals surface area contributed by atoms with Crippen molar-refractivity contribution in [2.75, 3.05) is 0 Å². The molecule has 0 aromatic rings. The van der Waals surface area contributed by atoms with Crippen molar-refractivity contribution in [2.24, 2.45) is 28.6 Å². The molecule has 1 aliphatic heterocycles. The molecule has 5 rings (SSSR count). The molecule has 5 aliphatic rings. The summed E-state index contributed by atoms with van der Waals surface area (Å²) in [5.74, 6) is -3.18. The van der Waals surface area contributed by atoms with Gasteiger partial charge in [0.25, 0.3) is 0 Å². The standard InChI is InChI=1S/C19H22O6/c1-9-7-17-8-18(9,24)5-3-10(17)19-6-4-11(20)16(2,15(23)25-19)13(19)12(17)14(21)22/h4,6,10-13,20,24H,1,3,5,7-8H2,2H3,(H,21,22)/t10-,11+,12-,13-,16+,17+,18+,19+/m1/s1. The highest BCUT2D eigenvalue weighted by Gasteiger charge is 2.83. The number of aliphatic hydroxyl groups excluding tert-OH is 1. The van der Waals surface area contributed by atoms with Crippen molar-refractivity contribution < 1.29 is 29.6 Å². The minimum absolute atomic E-state index is 0.180. The summed E-state index contributed by atoms with van der Waals surface area (Å²) in [7, 11) is 0. The highest BCUT2D eigenvalue weighted by molar-refractivity contribution is 5.86. The fourth-order valence-electron chi connectivity index (χ4n) is 7.13. The number of carboxylic acids is 1. The van der Waals surface area contributed by atoms with Crippen molar-refractivity contribution in [3.63, 3.8) is 0 Å². The zero-order valence-corrected chi connectivity index (χ0v) is 14.1. The summed E-state index contributed by atoms with van der Waals surface area (Å²) in [5.41, 5.74) is -3.29. The Bertz CT molecular complexity index is 772. The number of aliphatic carboxylic acids is 1. The van der Waals surface area contributed by atoms with E-state index in [-0.39, 0.29) is 5.92 Å². The maximum absolute atomic E-state index is 12.7. The lowest BCUT2D eigenvalue weighted by molar-refractivity contribution is -0.163. The largest absolute Gasteiger partial charge is 0.481 e. The van der Waals surface area contributed by atoms with Gasteiger partial charge < -0.3 is 20.1 Å². The molecule has 134 valence electrons. The average molecular weight is 346 g/mol. The number of fused-ring (bicyclic) bond motifs is 1. The number of aliphatic hydroxyl groups is 2. The molecule has 1 saturated heterocycles. The molecular formula is C19H22O6. The molecule has 4 fully saturated rings. The highest BCUT2D eigenvalue weighted by atomic mass is 16.6. The molecule has 1 spiro atoms. The van der Waals surface area contributed by atoms with E-state index in [1.54, 1.807) is 19.1 Å². The molecule has 8 atom stereocenters. The lowest BCUT2D eigenvalue weighted by Crippen LogP contribution is -2.50. The van der Waals surface area contributed by atoms with Gasteiger partial charge in [0, 0.05) is 11.8 Å². The smallest absolute Gasteiger partial charge is 0.316 e. The van der Waals surface area contributed by atoms with Crippen LogP contribution in [0.4, 0.5) is 0 Å². The molecule has 6 heteroatoms. The fraction of sp³-hybridized carbons (Fsp3) is 0.684. The quantitative estimate of drug-likeness (QED) is 0.484. The van der Waals surface area contributed by atoms with Crippen LogP contribution in [-0.2, 0) is 14.3 Å². The van der Waals surface area contributed by atoms with Crippen LogP contribution in [0.3, 0.4) is 0 Å². The third-order valence-electron chi connectivity index (χ3n) is 8.12. The van der Waals surface area contributed by atoms with Gasteiger partial charge in [0.1, 0.15) is 11.0 Å². The summed E-state index contributed by atoms with van der Waals surface area (Å²) >= 11 is 0. The van der Waals surface area contributed by atoms with Gasteiger partial charge in [0.05, 0.1) is 17.6 Å². The number of carboxylic acid groups (broad SMARTS) is 1. The van der Waals surface area contributed by atoms with Crippen LogP contribution in [-0.4, -0.2) is 44.6 Å². The van der Waals surface area contributed by atoms with E-state index in [0.717, 1.165) is 0 Å². The van der Waals surface area contributed by atoms with Crippen LogP contribution < -0.4 is 0 Å². The Kier molecular flexibility index (Phi) is 2.50. The summed E-state index contributed by atoms with van der Waals surface area (Å²) in [6, 6.07) is 0. The fourth-order valence-corrected chi connectivity index (χ4v) is 7.13. The second-order valence-corrected chi connectivity index (χ2v) is 8.94. The molecule has 3 saturated carbocycles. The predicted molar refractivity (Wildman–Crippen MR) is 85.2 cm³/mol. The monoisotopic (exact) mass is 346 g/mol. The molecule has 4 aliphatic carbocycles. The Morgan fingerprint density at radius 3 is 2.84 bits per heavy atom. The first-order chi connectivity index (χ1) is 11.6. The van der Waals surface area contributed by atoms with Crippen molar-refractivity contribution >= 4 is 11.9 Å². The zero-order valence-electron chi connectivity index (χ0n) is 14.1. The number of rotatable bonds is 1. The average Bonchev–Trinajstić information content (AvgIpc) is 2.95. The van der Waals surface area contributed by atoms with Gasteiger partial charge in [-0.2, -0.15) is 0 Å². The van der Waals surface area contributed by atoms with E-state index in [4.69, 9.17) is 4.74 Å². The number of hydrogen-bond acceptors (Lipinski definition) is 5. The van der Waals surface area contributed by atoms with E-state index in [9.17, 15) is 24.9 Å². The molecule has 3 N–H and O–H groups in total. The van der Waals surface area contributed by atoms with Crippen LogP contribution in [0.2, 0.25) is 0 Å². The first-order valence-corrected chi connectivity index (χ1v) is 8.86. The third kappa shape index (κ3) is 1.36. The highest BCUT2D eigenvalue weighted by Crippen LogP contribution is 2.77. The van der Waals surface area contributed by atoms with E-state index in [2.05, 4.69) is 6.58 Å². The van der Waals surface area contributed by atoms with Gasteiger partial charge in [0.2, 0.25) is 0 Å². The summed E-state index contributed by atoms with van der Waals surface area (Å²) in [4.78, 5) is 25.1. The van der Waals surface area contributed by atoms with Crippen molar-refractivity contribution in [3.8, 4) is 0 Å². The van der Waals surface area contributed by atoms with Gasteiger partial charge in [-0.25, -0.2) is 0 Å². The van der Waals surface area contributed by atoms with Crippen LogP contribution >= 0.6 is 0 Å². The van der Waals surface area contributed by atoms with Crippen LogP contribution in [0.5, 0.6) is 0 Å². The summed E-state index contributed by atoms with van der Waals surface area (Å²) < 4.78 is 5.87. The van der Waals surface area contributed by atoms with Crippen molar-refractivity contribution in [1.29, 1.82) is 0 Å². The van der Waals surface area contributed by atoms with Crippen LogP contribution in [0.15, 0.2) is 24.3 Å². The second kappa shape index (κ2) is 4.01. The second-order valence-electron chi connectivity index (χ2n) is 8.94. The lowest BCUT2D eigenvalue weighted by Gasteiger charge is -2.44. The summed E-state index contributed by atoms with van der Waals surface area (Å²) in [6.45, 7) is 5.64. The van der Waals surface area contributed by atoms with E-state index in [0.29, 0.717) is 31.3 Å². The van der Waals surface area contributed by atoms with Gasteiger partial charge in [-0.1, -0.05) is 12.7 Å². The van der Waals surface area contributed by atoms with E-state index < -0.39 is 51.9 Å². The van der Waals surface area contributed by atoms with Gasteiger partial charge in [0.15, 0.2) is 0 Å². The topological polar surface area (TPSA) is 104 Å². The molecule has 0 amide bonds. The molecule has 25 heavy (non-hydrogen) atoms. The summed E-state index contributed by atoms with van der Waals surface area (Å²) in [5, 5.41) is 31.6. The molecule has 6 nitrogen and oxygen atoms in total. The van der Waals surface area contributed by atoms with Crippen LogP contribution in [0.1, 0.15) is 32.6 Å². The van der Waals surface area contributed by atoms with Crippen LogP contribution in [0, 0.1) is 28.6 Å². The Hall–Kier alpha value is -1.66. The molecule has 0 aromatic heterocycles. The SMILES string of the molecule is C=C1C[C@]23C[C@@]1(O)CC[C@H]2[C@]12C=C[C@H](O)[C@](C)(C(=O)O1)[C@H]2[C@@H]3C(=O)O. The van der Waals surface area contributed by atoms with Gasteiger partial charge in [-0.3, -0.25) is 9.59 Å². The van der Waals surface area contributed by atoms with E-state index in [1.807, 2.05) is 0 Å². The zero-order chi connectivity index (χ0) is 18.0. The lowest BCUT2D eigenvalue weighted by atomic mass is 9.61. The molecule has 1 heterocycles. The number of esters is 1. The number of carbonyl (C=O) groups is 2. The maximum atomic E-state index is 12.7. The first kappa shape index (κ1) is 15.6. The summed E-state index contributed by atoms with van der Waals surface area (Å²) in [6.07, 6.45) is 4.11. The Labute approximate surface area is 145 Å². The van der Waals surface area contributed by atoms with Crippen LogP contribution in [0.25, 0.3) is 0 Å². The number of ether oxygens (including phenoxy) is 1. The van der Waals surface area contributed by atoms with Gasteiger partial charge in [-0.15, -0.1) is 0 Å². The molecule has 0 radical (unpaired) electrons. The maximum Gasteiger partial charge on any atom is 0.316 e. The minimum atomic E-state index is -1.27. The van der Waals surface area contributed by atoms with Gasteiger partial charge in [-0.05, 0) is 49.7 Å². The van der Waals surface area contributed by atoms with E-state index >= 15 is 0 Å². The molecule has 4 bridgehead atoms. The normalized spacial score (nSPS) is 58.0. The molecular weight excluding hydrogens is 324 g/mol. The number of hydrogen-bond donors (Lipinski definition) is 3. The predicted octanol–water partition coefficient (Wildman–Crippen LogP) is 1.03. The minimum Gasteiger partial charge on any atom is -0.481 e. The van der Waals surface area contributed by atoms with Crippen molar-refractivity contribution in [3.05, 3.63) is 24.3 Å². The number of carbonyl (C=O) groups excluding carboxylic acids is 1. The first-order valence-electron chi connectivity index (χ1n) is 8.86. The Balaban J connectivity index is 1.78. The molecule has 0 unspecified atom stereocenters. The molecule has 0 aromatic carbocycles. The Morgan fingerprint density at radius 1 is 1.44 bits per heavy atom. The Morgan fingerprint density at radius 2 is 2.16 bits per heavy atom. The van der Waals surface area contributed by atoms with E-state index in [1.165, 1.54) is 0 Å². The third-order valence-corrected chi connectivity index (χ3v) is 8.12.